The molecule has 0 saturated heterocycles. The first-order valence-electron chi connectivity index (χ1n) is 7.04. The Morgan fingerprint density at radius 2 is 1.77 bits per heavy atom. The van der Waals surface area contributed by atoms with Gasteiger partial charge in [-0.05, 0) is 36.8 Å². The zero-order valence-electron chi connectivity index (χ0n) is 12.2. The summed E-state index contributed by atoms with van der Waals surface area (Å²) in [6.07, 6.45) is 0.602. The summed E-state index contributed by atoms with van der Waals surface area (Å²) in [4.78, 5) is 12.6. The van der Waals surface area contributed by atoms with Crippen LogP contribution in [0.1, 0.15) is 22.4 Å². The van der Waals surface area contributed by atoms with Gasteiger partial charge in [0.1, 0.15) is 0 Å². The zero-order valence-corrected chi connectivity index (χ0v) is 12.2. The van der Waals surface area contributed by atoms with Crippen molar-refractivity contribution in [2.75, 3.05) is 0 Å². The third-order valence-corrected chi connectivity index (χ3v) is 3.67. The fraction of sp³-hybridized carbons (Fsp3) is 0.111. The van der Waals surface area contributed by atoms with E-state index in [4.69, 9.17) is 5.26 Å². The maximum Gasteiger partial charge on any atom is 0.274 e. The lowest BCUT2D eigenvalue weighted by atomic mass is 10.1. The summed E-state index contributed by atoms with van der Waals surface area (Å²) in [5.41, 5.74) is 3.98. The number of aromatic amines is 1. The van der Waals surface area contributed by atoms with Gasteiger partial charge >= 0.3 is 0 Å². The lowest BCUT2D eigenvalue weighted by Crippen LogP contribution is -2.17. The van der Waals surface area contributed by atoms with Gasteiger partial charge in [0.15, 0.2) is 0 Å². The fourth-order valence-corrected chi connectivity index (χ4v) is 2.46. The van der Waals surface area contributed by atoms with Gasteiger partial charge in [0.05, 0.1) is 17.3 Å². The average molecular weight is 289 g/mol. The molecule has 0 aliphatic carbocycles. The molecule has 0 fully saturated rings. The van der Waals surface area contributed by atoms with Gasteiger partial charge < -0.3 is 0 Å². The molecular weight excluding hydrogens is 274 g/mol. The van der Waals surface area contributed by atoms with Crippen LogP contribution < -0.4 is 5.56 Å². The van der Waals surface area contributed by atoms with Crippen molar-refractivity contribution in [1.82, 2.24) is 9.78 Å². The van der Waals surface area contributed by atoms with Crippen molar-refractivity contribution in [3.05, 3.63) is 87.3 Å². The van der Waals surface area contributed by atoms with Crippen molar-refractivity contribution in [2.24, 2.45) is 0 Å². The predicted octanol–water partition coefficient (Wildman–Crippen LogP) is 2.94. The lowest BCUT2D eigenvalue weighted by Gasteiger charge is -2.01. The number of H-pyrrole nitrogens is 1. The molecule has 0 bridgehead atoms. The monoisotopic (exact) mass is 289 g/mol. The Balaban J connectivity index is 1.99. The smallest absolute Gasteiger partial charge is 0.274 e. The first-order valence-corrected chi connectivity index (χ1v) is 7.04. The Morgan fingerprint density at radius 3 is 2.41 bits per heavy atom. The molecule has 22 heavy (non-hydrogen) atoms. The van der Waals surface area contributed by atoms with Gasteiger partial charge in [0.25, 0.3) is 5.56 Å². The molecule has 0 aliphatic heterocycles. The van der Waals surface area contributed by atoms with Crippen LogP contribution in [0.3, 0.4) is 0 Å². The van der Waals surface area contributed by atoms with Crippen LogP contribution in [0.2, 0.25) is 0 Å². The molecule has 1 aromatic heterocycles. The first kappa shape index (κ1) is 13.9. The molecule has 108 valence electrons. The van der Waals surface area contributed by atoms with E-state index in [-0.39, 0.29) is 5.56 Å². The average Bonchev–Trinajstić information content (AvgIpc) is 2.84. The maximum atomic E-state index is 12.6. The summed E-state index contributed by atoms with van der Waals surface area (Å²) in [6.45, 7) is 1.90. The minimum atomic E-state index is -0.0499. The minimum absolute atomic E-state index is 0.0499. The summed E-state index contributed by atoms with van der Waals surface area (Å²) in [5.74, 6) is 0. The number of hydrogen-bond donors (Lipinski definition) is 1. The molecule has 1 heterocycles. The standard InChI is InChI=1S/C18H15N3O/c1-13-17(11-14-5-3-2-4-6-14)18(22)21(20-13)16-9-7-15(12-19)8-10-16/h2-10,20H,11H2,1H3. The molecule has 2 aromatic carbocycles. The number of aromatic nitrogens is 2. The highest BCUT2D eigenvalue weighted by molar-refractivity contribution is 5.40. The predicted molar refractivity (Wildman–Crippen MR) is 85.1 cm³/mol. The van der Waals surface area contributed by atoms with E-state index in [0.717, 1.165) is 22.5 Å². The van der Waals surface area contributed by atoms with Gasteiger partial charge in [0, 0.05) is 17.7 Å². The minimum Gasteiger partial charge on any atom is -0.295 e. The Labute approximate surface area is 128 Å². The zero-order chi connectivity index (χ0) is 15.5. The highest BCUT2D eigenvalue weighted by Crippen LogP contribution is 2.12. The summed E-state index contributed by atoms with van der Waals surface area (Å²) >= 11 is 0. The van der Waals surface area contributed by atoms with Gasteiger partial charge in [-0.25, -0.2) is 4.68 Å². The van der Waals surface area contributed by atoms with Crippen LogP contribution >= 0.6 is 0 Å². The number of benzene rings is 2. The third-order valence-electron chi connectivity index (χ3n) is 3.67. The van der Waals surface area contributed by atoms with Crippen molar-refractivity contribution in [2.45, 2.75) is 13.3 Å². The molecule has 0 saturated carbocycles. The number of nitriles is 1. The van der Waals surface area contributed by atoms with Crippen LogP contribution in [0.25, 0.3) is 5.69 Å². The number of nitrogens with one attached hydrogen (secondary N) is 1. The molecule has 0 amide bonds. The van der Waals surface area contributed by atoms with Crippen LogP contribution in [0.4, 0.5) is 0 Å². The van der Waals surface area contributed by atoms with E-state index in [1.807, 2.05) is 37.3 Å². The van der Waals surface area contributed by atoms with E-state index in [0.29, 0.717) is 12.0 Å². The Hall–Kier alpha value is -3.06. The normalized spacial score (nSPS) is 10.4. The van der Waals surface area contributed by atoms with Crippen molar-refractivity contribution in [3.63, 3.8) is 0 Å². The Morgan fingerprint density at radius 1 is 1.09 bits per heavy atom. The van der Waals surface area contributed by atoms with Gasteiger partial charge in [-0.3, -0.25) is 9.89 Å². The molecule has 0 spiro atoms. The Kier molecular flexibility index (Phi) is 3.63. The highest BCUT2D eigenvalue weighted by atomic mass is 16.1. The highest BCUT2D eigenvalue weighted by Gasteiger charge is 2.12. The second kappa shape index (κ2) is 5.74. The topological polar surface area (TPSA) is 61.6 Å². The van der Waals surface area contributed by atoms with Gasteiger partial charge in [-0.15, -0.1) is 0 Å². The quantitative estimate of drug-likeness (QED) is 0.805. The summed E-state index contributed by atoms with van der Waals surface area (Å²) in [7, 11) is 0. The molecule has 0 atom stereocenters. The van der Waals surface area contributed by atoms with Crippen LogP contribution in [0.5, 0.6) is 0 Å². The molecule has 0 unspecified atom stereocenters. The lowest BCUT2D eigenvalue weighted by molar-refractivity contribution is 0.834. The molecule has 4 nitrogen and oxygen atoms in total. The first-order chi connectivity index (χ1) is 10.7. The van der Waals surface area contributed by atoms with Gasteiger partial charge in [-0.2, -0.15) is 5.26 Å². The van der Waals surface area contributed by atoms with Crippen molar-refractivity contribution in [1.29, 1.82) is 5.26 Å². The molecule has 1 N–H and O–H groups in total. The van der Waals surface area contributed by atoms with Crippen LogP contribution in [-0.2, 0) is 6.42 Å². The van der Waals surface area contributed by atoms with Crippen molar-refractivity contribution < 1.29 is 0 Å². The van der Waals surface area contributed by atoms with Crippen molar-refractivity contribution >= 4 is 0 Å². The molecule has 3 aromatic rings. The number of aryl methyl sites for hydroxylation is 1. The molecular formula is C18H15N3O. The second-order valence-corrected chi connectivity index (χ2v) is 5.18. The van der Waals surface area contributed by atoms with Gasteiger partial charge in [-0.1, -0.05) is 30.3 Å². The summed E-state index contributed by atoms with van der Waals surface area (Å²) in [5, 5.41) is 11.9. The molecule has 0 radical (unpaired) electrons. The van der Waals surface area contributed by atoms with E-state index in [9.17, 15) is 4.79 Å². The molecule has 0 aliphatic rings. The number of nitrogens with zero attached hydrogens (tertiary/aromatic N) is 2. The van der Waals surface area contributed by atoms with E-state index < -0.39 is 0 Å². The largest absolute Gasteiger partial charge is 0.295 e. The second-order valence-electron chi connectivity index (χ2n) is 5.18. The molecule has 4 heteroatoms. The number of hydrogen-bond acceptors (Lipinski definition) is 2. The van der Waals surface area contributed by atoms with E-state index in [2.05, 4.69) is 11.2 Å². The fourth-order valence-electron chi connectivity index (χ4n) is 2.46. The summed E-state index contributed by atoms with van der Waals surface area (Å²) in [6, 6.07) is 18.9. The van der Waals surface area contributed by atoms with Crippen LogP contribution in [0.15, 0.2) is 59.4 Å². The van der Waals surface area contributed by atoms with E-state index in [1.165, 1.54) is 4.68 Å². The Bertz CT molecular complexity index is 881. The number of rotatable bonds is 3. The maximum absolute atomic E-state index is 12.6. The van der Waals surface area contributed by atoms with Crippen molar-refractivity contribution in [3.8, 4) is 11.8 Å². The van der Waals surface area contributed by atoms with Gasteiger partial charge in [0.2, 0.25) is 0 Å². The third kappa shape index (κ3) is 2.57. The van der Waals surface area contributed by atoms with Crippen LogP contribution in [0, 0.1) is 18.3 Å². The van der Waals surface area contributed by atoms with E-state index >= 15 is 0 Å². The summed E-state index contributed by atoms with van der Waals surface area (Å²) < 4.78 is 1.52. The SMILES string of the molecule is Cc1[nH]n(-c2ccc(C#N)cc2)c(=O)c1Cc1ccccc1. The molecule has 3 rings (SSSR count). The van der Waals surface area contributed by atoms with E-state index in [1.54, 1.807) is 24.3 Å². The van der Waals surface area contributed by atoms with Crippen LogP contribution in [-0.4, -0.2) is 9.78 Å².